The summed E-state index contributed by atoms with van der Waals surface area (Å²) < 4.78 is 0. The second-order valence-corrected chi connectivity index (χ2v) is 5.57. The topological polar surface area (TPSA) is 49.4 Å². The Hall–Kier alpha value is -1.49. The zero-order valence-corrected chi connectivity index (χ0v) is 10.7. The highest BCUT2D eigenvalue weighted by Gasteiger charge is 2.32. The molecule has 5 heteroatoms. The average molecular weight is 262 g/mol. The van der Waals surface area contributed by atoms with Gasteiger partial charge < -0.3 is 10.2 Å². The molecule has 0 aliphatic carbocycles. The number of benzene rings is 1. The molecule has 2 aliphatic rings. The number of thioether (sulfide) groups is 1. The molecule has 1 unspecified atom stereocenters. The molecule has 1 fully saturated rings. The van der Waals surface area contributed by atoms with Crippen LogP contribution < -0.4 is 5.32 Å². The molecule has 1 atom stereocenters. The molecule has 0 saturated carbocycles. The Morgan fingerprint density at radius 1 is 1.33 bits per heavy atom. The quantitative estimate of drug-likeness (QED) is 0.832. The highest BCUT2D eigenvalue weighted by Crippen LogP contribution is 2.21. The average Bonchev–Trinajstić information content (AvgIpc) is 2.84. The molecule has 1 N–H and O–H groups in total. The third-order valence-electron chi connectivity index (χ3n) is 3.41. The van der Waals surface area contributed by atoms with Crippen LogP contribution in [0.5, 0.6) is 0 Å². The molecule has 0 bridgehead atoms. The lowest BCUT2D eigenvalue weighted by Gasteiger charge is -2.30. The largest absolute Gasteiger partial charge is 0.336 e. The van der Waals surface area contributed by atoms with Crippen LogP contribution in [-0.2, 0) is 17.8 Å². The summed E-state index contributed by atoms with van der Waals surface area (Å²) in [6.07, 6.45) is 0.899. The highest BCUT2D eigenvalue weighted by molar-refractivity contribution is 8.14. The first-order valence-corrected chi connectivity index (χ1v) is 7.01. The molecule has 2 aliphatic heterocycles. The molecule has 94 valence electrons. The van der Waals surface area contributed by atoms with Gasteiger partial charge in [0.1, 0.15) is 6.04 Å². The number of rotatable bonds is 1. The molecule has 18 heavy (non-hydrogen) atoms. The minimum Gasteiger partial charge on any atom is -0.336 e. The highest BCUT2D eigenvalue weighted by atomic mass is 32.2. The van der Waals surface area contributed by atoms with E-state index in [-0.39, 0.29) is 17.2 Å². The van der Waals surface area contributed by atoms with Crippen LogP contribution in [0.15, 0.2) is 24.3 Å². The zero-order chi connectivity index (χ0) is 12.5. The molecule has 0 radical (unpaired) electrons. The van der Waals surface area contributed by atoms with E-state index in [1.807, 2.05) is 17.0 Å². The number of fused-ring (bicyclic) bond motifs is 1. The van der Waals surface area contributed by atoms with E-state index in [0.717, 1.165) is 13.0 Å². The van der Waals surface area contributed by atoms with Crippen molar-refractivity contribution in [2.24, 2.45) is 0 Å². The van der Waals surface area contributed by atoms with Crippen LogP contribution in [0.25, 0.3) is 0 Å². The third-order valence-corrected chi connectivity index (χ3v) is 4.29. The number of hydrogen-bond acceptors (Lipinski definition) is 3. The molecule has 0 aromatic heterocycles. The van der Waals surface area contributed by atoms with Crippen LogP contribution in [0.2, 0.25) is 0 Å². The maximum Gasteiger partial charge on any atom is 0.279 e. The van der Waals surface area contributed by atoms with Crippen LogP contribution >= 0.6 is 11.8 Å². The number of hydrogen-bond donors (Lipinski definition) is 1. The molecular formula is C13H14N2O2S. The van der Waals surface area contributed by atoms with Gasteiger partial charge in [-0.2, -0.15) is 0 Å². The van der Waals surface area contributed by atoms with E-state index in [9.17, 15) is 9.59 Å². The van der Waals surface area contributed by atoms with Crippen molar-refractivity contribution in [3.05, 3.63) is 35.4 Å². The molecular weight excluding hydrogens is 248 g/mol. The van der Waals surface area contributed by atoms with Crippen molar-refractivity contribution in [2.75, 3.05) is 12.3 Å². The third kappa shape index (κ3) is 2.10. The summed E-state index contributed by atoms with van der Waals surface area (Å²) in [7, 11) is 0. The number of carbonyl (C=O) groups excluding carboxylic acids is 2. The summed E-state index contributed by atoms with van der Waals surface area (Å²) in [4.78, 5) is 25.2. The van der Waals surface area contributed by atoms with Gasteiger partial charge in [-0.15, -0.1) is 0 Å². The first-order valence-electron chi connectivity index (χ1n) is 6.03. The molecule has 2 amide bonds. The van der Waals surface area contributed by atoms with Gasteiger partial charge in [0.15, 0.2) is 0 Å². The molecule has 4 nitrogen and oxygen atoms in total. The minimum absolute atomic E-state index is 0.0443. The van der Waals surface area contributed by atoms with E-state index in [1.165, 1.54) is 22.9 Å². The fraction of sp³-hybridized carbons (Fsp3) is 0.385. The van der Waals surface area contributed by atoms with Crippen LogP contribution in [0, 0.1) is 0 Å². The standard InChI is InChI=1S/C13H14N2O2S/c16-12(11-8-18-13(17)14-11)15-6-5-9-3-1-2-4-10(9)7-15/h1-4,11H,5-8H2,(H,14,17). The second-order valence-electron chi connectivity index (χ2n) is 4.57. The molecule has 1 saturated heterocycles. The van der Waals surface area contributed by atoms with Gasteiger partial charge in [-0.3, -0.25) is 9.59 Å². The first kappa shape index (κ1) is 11.6. The molecule has 0 spiro atoms. The van der Waals surface area contributed by atoms with E-state index in [2.05, 4.69) is 17.4 Å². The smallest absolute Gasteiger partial charge is 0.279 e. The van der Waals surface area contributed by atoms with Gasteiger partial charge in [-0.1, -0.05) is 36.0 Å². The summed E-state index contributed by atoms with van der Waals surface area (Å²) in [6.45, 7) is 1.40. The summed E-state index contributed by atoms with van der Waals surface area (Å²) in [5.41, 5.74) is 2.54. The second kappa shape index (κ2) is 4.65. The van der Waals surface area contributed by atoms with Gasteiger partial charge >= 0.3 is 0 Å². The van der Waals surface area contributed by atoms with E-state index < -0.39 is 0 Å². The van der Waals surface area contributed by atoms with Gasteiger partial charge in [0.05, 0.1) is 0 Å². The first-order chi connectivity index (χ1) is 8.74. The summed E-state index contributed by atoms with van der Waals surface area (Å²) >= 11 is 1.19. The lowest BCUT2D eigenvalue weighted by molar-refractivity contribution is -0.133. The maximum absolute atomic E-state index is 12.3. The van der Waals surface area contributed by atoms with Gasteiger partial charge in [0, 0.05) is 18.8 Å². The molecule has 3 rings (SSSR count). The Kier molecular flexibility index (Phi) is 2.99. The normalized spacial score (nSPS) is 22.6. The van der Waals surface area contributed by atoms with Crippen molar-refractivity contribution in [3.8, 4) is 0 Å². The lowest BCUT2D eigenvalue weighted by Crippen LogP contribution is -2.47. The Morgan fingerprint density at radius 2 is 2.11 bits per heavy atom. The summed E-state index contributed by atoms with van der Waals surface area (Å²) in [6, 6.07) is 7.87. The molecule has 1 aromatic rings. The van der Waals surface area contributed by atoms with E-state index in [0.29, 0.717) is 12.3 Å². The minimum atomic E-state index is -0.340. The lowest BCUT2D eigenvalue weighted by atomic mass is 9.99. The predicted molar refractivity (Wildman–Crippen MR) is 70.3 cm³/mol. The van der Waals surface area contributed by atoms with Gasteiger partial charge in [-0.05, 0) is 17.5 Å². The fourth-order valence-electron chi connectivity index (χ4n) is 2.42. The van der Waals surface area contributed by atoms with Crippen LogP contribution in [-0.4, -0.2) is 34.4 Å². The Bertz CT molecular complexity index is 504. The Labute approximate surface area is 110 Å². The number of nitrogens with one attached hydrogen (secondary N) is 1. The molecule has 1 aromatic carbocycles. The van der Waals surface area contributed by atoms with E-state index >= 15 is 0 Å². The zero-order valence-electron chi connectivity index (χ0n) is 9.89. The van der Waals surface area contributed by atoms with Crippen LogP contribution in [0.1, 0.15) is 11.1 Å². The van der Waals surface area contributed by atoms with Gasteiger partial charge in [0.2, 0.25) is 5.91 Å². The maximum atomic E-state index is 12.3. The van der Waals surface area contributed by atoms with Crippen LogP contribution in [0.4, 0.5) is 4.79 Å². The molecule has 2 heterocycles. The van der Waals surface area contributed by atoms with E-state index in [4.69, 9.17) is 0 Å². The monoisotopic (exact) mass is 262 g/mol. The van der Waals surface area contributed by atoms with E-state index in [1.54, 1.807) is 0 Å². The van der Waals surface area contributed by atoms with Crippen molar-refractivity contribution in [1.29, 1.82) is 0 Å². The predicted octanol–water partition coefficient (Wildman–Crippen LogP) is 1.40. The van der Waals surface area contributed by atoms with Crippen molar-refractivity contribution in [1.82, 2.24) is 10.2 Å². The van der Waals surface area contributed by atoms with Crippen molar-refractivity contribution in [3.63, 3.8) is 0 Å². The van der Waals surface area contributed by atoms with Gasteiger partial charge in [-0.25, -0.2) is 0 Å². The number of nitrogens with zero attached hydrogens (tertiary/aromatic N) is 1. The van der Waals surface area contributed by atoms with Crippen molar-refractivity contribution < 1.29 is 9.59 Å². The Balaban J connectivity index is 1.72. The van der Waals surface area contributed by atoms with Crippen molar-refractivity contribution in [2.45, 2.75) is 19.0 Å². The fourth-order valence-corrected chi connectivity index (χ4v) is 3.19. The number of amides is 2. The SMILES string of the molecule is O=C1NC(C(=O)N2CCc3ccccc3C2)CS1. The number of carbonyl (C=O) groups is 2. The van der Waals surface area contributed by atoms with Crippen molar-refractivity contribution >= 4 is 22.9 Å². The summed E-state index contributed by atoms with van der Waals surface area (Å²) in [5, 5.41) is 2.62. The van der Waals surface area contributed by atoms with Gasteiger partial charge in [0.25, 0.3) is 5.24 Å². The summed E-state index contributed by atoms with van der Waals surface area (Å²) in [5.74, 6) is 0.596. The van der Waals surface area contributed by atoms with Crippen LogP contribution in [0.3, 0.4) is 0 Å². The Morgan fingerprint density at radius 3 is 2.83 bits per heavy atom.